The van der Waals surface area contributed by atoms with Crippen LogP contribution in [-0.4, -0.2) is 21.1 Å². The number of aromatic nitrogens is 3. The molecule has 0 radical (unpaired) electrons. The molecule has 4 heteroatoms. The van der Waals surface area contributed by atoms with Gasteiger partial charge in [0, 0.05) is 30.7 Å². The van der Waals surface area contributed by atoms with Gasteiger partial charge in [-0.2, -0.15) is 0 Å². The summed E-state index contributed by atoms with van der Waals surface area (Å²) in [5.41, 5.74) is 6.65. The van der Waals surface area contributed by atoms with E-state index in [0.717, 1.165) is 12.1 Å². The molecule has 0 aromatic carbocycles. The fourth-order valence-corrected chi connectivity index (χ4v) is 1.38. The molecule has 2 heterocycles. The molecule has 2 rings (SSSR count). The molecule has 0 aliphatic carbocycles. The zero-order valence-electron chi connectivity index (χ0n) is 7.80. The Hall–Kier alpha value is -1.68. The van der Waals surface area contributed by atoms with Crippen LogP contribution in [0.4, 0.5) is 0 Å². The normalized spacial score (nSPS) is 10.4. The topological polar surface area (TPSA) is 56.7 Å². The fraction of sp³-hybridized carbons (Fsp3) is 0.200. The molecule has 0 bridgehead atoms. The summed E-state index contributed by atoms with van der Waals surface area (Å²) in [4.78, 5) is 8.35. The molecule has 4 nitrogen and oxygen atoms in total. The molecule has 0 atom stereocenters. The highest BCUT2D eigenvalue weighted by molar-refractivity contribution is 5.20. The number of nitrogens with zero attached hydrogens (tertiary/aromatic N) is 3. The van der Waals surface area contributed by atoms with Crippen LogP contribution in [0.5, 0.6) is 0 Å². The zero-order valence-corrected chi connectivity index (χ0v) is 7.80. The molecular weight excluding hydrogens is 176 g/mol. The quantitative estimate of drug-likeness (QED) is 0.774. The number of nitrogens with two attached hydrogens (primary N) is 1. The van der Waals surface area contributed by atoms with Gasteiger partial charge >= 0.3 is 0 Å². The highest BCUT2D eigenvalue weighted by Gasteiger charge is 2.03. The van der Waals surface area contributed by atoms with Gasteiger partial charge in [-0.1, -0.05) is 0 Å². The Kier molecular flexibility index (Phi) is 2.55. The van der Waals surface area contributed by atoms with Gasteiger partial charge in [0.2, 0.25) is 5.95 Å². The van der Waals surface area contributed by atoms with Gasteiger partial charge in [0.1, 0.15) is 0 Å². The van der Waals surface area contributed by atoms with E-state index in [1.807, 2.05) is 22.9 Å². The average molecular weight is 188 g/mol. The predicted octanol–water partition coefficient (Wildman–Crippen LogP) is 0.768. The molecule has 0 fully saturated rings. The third-order valence-electron chi connectivity index (χ3n) is 2.00. The summed E-state index contributed by atoms with van der Waals surface area (Å²) in [5.74, 6) is 0.695. The van der Waals surface area contributed by atoms with E-state index in [4.69, 9.17) is 5.73 Å². The molecule has 0 aliphatic heterocycles. The molecule has 0 unspecified atom stereocenters. The second kappa shape index (κ2) is 4.02. The minimum atomic E-state index is 0.636. The van der Waals surface area contributed by atoms with Crippen LogP contribution < -0.4 is 5.73 Å². The van der Waals surface area contributed by atoms with Gasteiger partial charge in [0.05, 0.1) is 0 Å². The Labute approximate surface area is 82.4 Å². The summed E-state index contributed by atoms with van der Waals surface area (Å²) < 4.78 is 1.95. The van der Waals surface area contributed by atoms with Crippen LogP contribution in [0.3, 0.4) is 0 Å². The van der Waals surface area contributed by atoms with Crippen LogP contribution in [0.2, 0.25) is 0 Å². The molecule has 0 saturated heterocycles. The van der Waals surface area contributed by atoms with Gasteiger partial charge < -0.3 is 5.73 Å². The summed E-state index contributed by atoms with van der Waals surface area (Å²) in [5, 5.41) is 0. The van der Waals surface area contributed by atoms with Gasteiger partial charge in [-0.05, 0) is 24.7 Å². The second-order valence-corrected chi connectivity index (χ2v) is 2.96. The van der Waals surface area contributed by atoms with Gasteiger partial charge in [0.15, 0.2) is 0 Å². The highest BCUT2D eigenvalue weighted by Crippen LogP contribution is 2.07. The van der Waals surface area contributed by atoms with Crippen molar-refractivity contribution in [3.8, 4) is 5.95 Å². The summed E-state index contributed by atoms with van der Waals surface area (Å²) in [6, 6.07) is 5.81. The van der Waals surface area contributed by atoms with Crippen molar-refractivity contribution >= 4 is 0 Å². The molecule has 14 heavy (non-hydrogen) atoms. The first kappa shape index (κ1) is 8.90. The molecular formula is C10H12N4. The maximum absolute atomic E-state index is 5.51. The summed E-state index contributed by atoms with van der Waals surface area (Å²) in [6.07, 6.45) is 6.24. The SMILES string of the molecule is NCCc1cccn1-c1ncccn1. The third kappa shape index (κ3) is 1.65. The van der Waals surface area contributed by atoms with Crippen molar-refractivity contribution in [1.82, 2.24) is 14.5 Å². The van der Waals surface area contributed by atoms with Crippen molar-refractivity contribution in [3.05, 3.63) is 42.5 Å². The van der Waals surface area contributed by atoms with Crippen molar-refractivity contribution in [3.63, 3.8) is 0 Å². The molecule has 72 valence electrons. The van der Waals surface area contributed by atoms with Gasteiger partial charge in [-0.25, -0.2) is 9.97 Å². The van der Waals surface area contributed by atoms with E-state index in [0.29, 0.717) is 12.5 Å². The van der Waals surface area contributed by atoms with E-state index < -0.39 is 0 Å². The Bertz CT molecular complexity index is 394. The van der Waals surface area contributed by atoms with E-state index in [9.17, 15) is 0 Å². The first-order valence-corrected chi connectivity index (χ1v) is 4.55. The van der Waals surface area contributed by atoms with E-state index in [-0.39, 0.29) is 0 Å². The Balaban J connectivity index is 2.37. The smallest absolute Gasteiger partial charge is 0.233 e. The summed E-state index contributed by atoms with van der Waals surface area (Å²) in [6.45, 7) is 0.636. The van der Waals surface area contributed by atoms with Crippen molar-refractivity contribution in [2.45, 2.75) is 6.42 Å². The molecule has 2 N–H and O–H groups in total. The minimum absolute atomic E-state index is 0.636. The zero-order chi connectivity index (χ0) is 9.80. The van der Waals surface area contributed by atoms with E-state index in [1.54, 1.807) is 18.5 Å². The van der Waals surface area contributed by atoms with Gasteiger partial charge in [0.25, 0.3) is 0 Å². The number of hydrogen-bond acceptors (Lipinski definition) is 3. The van der Waals surface area contributed by atoms with Crippen LogP contribution in [-0.2, 0) is 6.42 Å². The van der Waals surface area contributed by atoms with Crippen LogP contribution in [0.25, 0.3) is 5.95 Å². The largest absolute Gasteiger partial charge is 0.330 e. The van der Waals surface area contributed by atoms with Crippen molar-refractivity contribution in [2.75, 3.05) is 6.54 Å². The molecule has 0 saturated carbocycles. The van der Waals surface area contributed by atoms with Crippen molar-refractivity contribution < 1.29 is 0 Å². The molecule has 0 aliphatic rings. The molecule has 2 aromatic rings. The maximum atomic E-state index is 5.51. The monoisotopic (exact) mass is 188 g/mol. The Morgan fingerprint density at radius 1 is 1.21 bits per heavy atom. The van der Waals surface area contributed by atoms with Crippen LogP contribution >= 0.6 is 0 Å². The van der Waals surface area contributed by atoms with Gasteiger partial charge in [-0.15, -0.1) is 0 Å². The van der Waals surface area contributed by atoms with Crippen LogP contribution in [0.1, 0.15) is 5.69 Å². The van der Waals surface area contributed by atoms with Crippen molar-refractivity contribution in [1.29, 1.82) is 0 Å². The van der Waals surface area contributed by atoms with Crippen LogP contribution in [0.15, 0.2) is 36.8 Å². The lowest BCUT2D eigenvalue weighted by Gasteiger charge is -2.05. The first-order chi connectivity index (χ1) is 6.92. The first-order valence-electron chi connectivity index (χ1n) is 4.55. The lowest BCUT2D eigenvalue weighted by Crippen LogP contribution is -2.09. The van der Waals surface area contributed by atoms with E-state index >= 15 is 0 Å². The standard InChI is InChI=1S/C10H12N4/c11-5-4-9-3-1-8-14(9)10-12-6-2-7-13-10/h1-3,6-8H,4-5,11H2. The Morgan fingerprint density at radius 3 is 2.71 bits per heavy atom. The lowest BCUT2D eigenvalue weighted by molar-refractivity contribution is 0.831. The fourth-order valence-electron chi connectivity index (χ4n) is 1.38. The molecule has 0 spiro atoms. The summed E-state index contributed by atoms with van der Waals surface area (Å²) >= 11 is 0. The predicted molar refractivity (Wildman–Crippen MR) is 54.1 cm³/mol. The van der Waals surface area contributed by atoms with Crippen LogP contribution in [0, 0.1) is 0 Å². The minimum Gasteiger partial charge on any atom is -0.330 e. The molecule has 2 aromatic heterocycles. The Morgan fingerprint density at radius 2 is 2.00 bits per heavy atom. The number of rotatable bonds is 3. The number of hydrogen-bond donors (Lipinski definition) is 1. The van der Waals surface area contributed by atoms with Crippen molar-refractivity contribution in [2.24, 2.45) is 5.73 Å². The maximum Gasteiger partial charge on any atom is 0.233 e. The molecule has 0 amide bonds. The second-order valence-electron chi connectivity index (χ2n) is 2.96. The van der Waals surface area contributed by atoms with E-state index in [1.165, 1.54) is 0 Å². The average Bonchev–Trinajstić information content (AvgIpc) is 2.68. The highest BCUT2D eigenvalue weighted by atomic mass is 15.1. The third-order valence-corrected chi connectivity index (χ3v) is 2.00. The lowest BCUT2D eigenvalue weighted by atomic mass is 10.3. The van der Waals surface area contributed by atoms with E-state index in [2.05, 4.69) is 9.97 Å². The van der Waals surface area contributed by atoms with Gasteiger partial charge in [-0.3, -0.25) is 4.57 Å². The summed E-state index contributed by atoms with van der Waals surface area (Å²) in [7, 11) is 0.